The van der Waals surface area contributed by atoms with Crippen molar-refractivity contribution in [1.82, 2.24) is 4.98 Å². The molecule has 0 spiro atoms. The highest BCUT2D eigenvalue weighted by Gasteiger charge is 2.72. The van der Waals surface area contributed by atoms with Crippen LogP contribution in [-0.4, -0.2) is 28.4 Å². The second-order valence-corrected chi connectivity index (χ2v) is 7.86. The van der Waals surface area contributed by atoms with Gasteiger partial charge in [0, 0.05) is 17.1 Å². The molecular formula is C17H15ClF6N2O2S. The molecule has 0 aliphatic carbocycles. The fourth-order valence-electron chi connectivity index (χ4n) is 2.32. The maximum atomic E-state index is 13.1. The molecule has 2 rings (SSSR count). The average molecular weight is 461 g/mol. The summed E-state index contributed by atoms with van der Waals surface area (Å²) >= 11 is 5.73. The number of anilines is 1. The molecular weight excluding hydrogens is 446 g/mol. The summed E-state index contributed by atoms with van der Waals surface area (Å²) in [6.07, 6.45) is -11.8. The van der Waals surface area contributed by atoms with Crippen LogP contribution in [0.3, 0.4) is 0 Å². The Labute approximate surface area is 170 Å². The third-order valence-electron chi connectivity index (χ3n) is 3.92. The van der Waals surface area contributed by atoms with Crippen LogP contribution in [0.1, 0.15) is 24.3 Å². The Balaban J connectivity index is 2.50. The third-order valence-corrected chi connectivity index (χ3v) is 5.30. The maximum Gasteiger partial charge on any atom is 0.431 e. The van der Waals surface area contributed by atoms with Crippen LogP contribution in [0.25, 0.3) is 0 Å². The highest BCUT2D eigenvalue weighted by atomic mass is 35.5. The van der Waals surface area contributed by atoms with Gasteiger partial charge >= 0.3 is 12.4 Å². The van der Waals surface area contributed by atoms with Crippen molar-refractivity contribution in [1.29, 1.82) is 0 Å². The van der Waals surface area contributed by atoms with Gasteiger partial charge in [0.1, 0.15) is 0 Å². The SMILES string of the molecule is CC(C)C(=O)N(Cc1ccc(Cl)cc1)c1ncc(C(O)(C(F)(F)F)C(F)(F)F)s1. The zero-order chi connectivity index (χ0) is 22.2. The standard InChI is InChI=1S/C17H15ClF6N2O2S/c1-9(2)13(27)26(8-10-3-5-11(18)6-4-10)14-25-7-12(29-14)15(28,16(19,20)21)17(22,23)24/h3-7,9,28H,8H2,1-2H3. The topological polar surface area (TPSA) is 53.4 Å². The number of alkyl halides is 6. The van der Waals surface area contributed by atoms with Crippen LogP contribution in [0.5, 0.6) is 0 Å². The summed E-state index contributed by atoms with van der Waals surface area (Å²) < 4.78 is 78.5. The lowest BCUT2D eigenvalue weighted by molar-refractivity contribution is -0.375. The van der Waals surface area contributed by atoms with Crippen LogP contribution >= 0.6 is 22.9 Å². The highest BCUT2D eigenvalue weighted by molar-refractivity contribution is 7.15. The first-order valence-electron chi connectivity index (χ1n) is 8.06. The summed E-state index contributed by atoms with van der Waals surface area (Å²) in [4.78, 5) is 15.6. The lowest BCUT2D eigenvalue weighted by atomic mass is 10.0. The Morgan fingerprint density at radius 2 is 1.66 bits per heavy atom. The number of benzene rings is 1. The molecule has 1 aromatic carbocycles. The molecule has 0 bridgehead atoms. The van der Waals surface area contributed by atoms with E-state index in [2.05, 4.69) is 4.98 Å². The first-order valence-corrected chi connectivity index (χ1v) is 9.26. The summed E-state index contributed by atoms with van der Waals surface area (Å²) in [6.45, 7) is 2.89. The molecule has 0 saturated heterocycles. The van der Waals surface area contributed by atoms with E-state index in [4.69, 9.17) is 11.6 Å². The Bertz CT molecular complexity index is 850. The van der Waals surface area contributed by atoms with Gasteiger partial charge in [0.15, 0.2) is 5.13 Å². The van der Waals surface area contributed by atoms with E-state index in [0.29, 0.717) is 10.6 Å². The lowest BCUT2D eigenvalue weighted by Gasteiger charge is -2.31. The number of rotatable bonds is 5. The quantitative estimate of drug-likeness (QED) is 0.616. The van der Waals surface area contributed by atoms with Gasteiger partial charge in [-0.15, -0.1) is 0 Å². The molecule has 0 aliphatic heterocycles. The molecule has 160 valence electrons. The van der Waals surface area contributed by atoms with Gasteiger partial charge in [-0.1, -0.05) is 48.9 Å². The monoisotopic (exact) mass is 460 g/mol. The molecule has 1 amide bonds. The van der Waals surface area contributed by atoms with Crippen LogP contribution in [0.4, 0.5) is 31.5 Å². The van der Waals surface area contributed by atoms with Crippen LogP contribution in [-0.2, 0) is 16.9 Å². The summed E-state index contributed by atoms with van der Waals surface area (Å²) in [5, 5.41) is 9.53. The molecule has 0 saturated carbocycles. The van der Waals surface area contributed by atoms with Gasteiger partial charge in [-0.2, -0.15) is 26.3 Å². The molecule has 12 heteroatoms. The molecule has 4 nitrogen and oxygen atoms in total. The molecule has 0 unspecified atom stereocenters. The van der Waals surface area contributed by atoms with Gasteiger partial charge in [-0.3, -0.25) is 9.69 Å². The Kier molecular flexibility index (Phi) is 6.56. The smallest absolute Gasteiger partial charge is 0.369 e. The molecule has 29 heavy (non-hydrogen) atoms. The zero-order valence-electron chi connectivity index (χ0n) is 15.0. The highest BCUT2D eigenvalue weighted by Crippen LogP contribution is 2.52. The van der Waals surface area contributed by atoms with Crippen molar-refractivity contribution in [2.75, 3.05) is 4.90 Å². The van der Waals surface area contributed by atoms with Crippen LogP contribution < -0.4 is 4.90 Å². The predicted molar refractivity (Wildman–Crippen MR) is 95.6 cm³/mol. The minimum atomic E-state index is -6.03. The van der Waals surface area contributed by atoms with Crippen LogP contribution in [0.15, 0.2) is 30.5 Å². The van der Waals surface area contributed by atoms with E-state index in [1.54, 1.807) is 12.1 Å². The van der Waals surface area contributed by atoms with Crippen LogP contribution in [0.2, 0.25) is 5.02 Å². The van der Waals surface area contributed by atoms with Crippen molar-refractivity contribution in [3.8, 4) is 0 Å². The zero-order valence-corrected chi connectivity index (χ0v) is 16.5. The second kappa shape index (κ2) is 8.11. The number of thiazole rings is 1. The lowest BCUT2D eigenvalue weighted by Crippen LogP contribution is -2.53. The van der Waals surface area contributed by atoms with Crippen molar-refractivity contribution in [2.45, 2.75) is 38.3 Å². The largest absolute Gasteiger partial charge is 0.431 e. The van der Waals surface area contributed by atoms with E-state index >= 15 is 0 Å². The minimum absolute atomic E-state index is 0.0523. The summed E-state index contributed by atoms with van der Waals surface area (Å²) in [5.74, 6) is -1.18. The van der Waals surface area contributed by atoms with Crippen LogP contribution in [0, 0.1) is 5.92 Å². The van der Waals surface area contributed by atoms with E-state index in [9.17, 15) is 36.2 Å². The van der Waals surface area contributed by atoms with Gasteiger partial charge in [0.05, 0.1) is 11.4 Å². The Morgan fingerprint density at radius 1 is 1.14 bits per heavy atom. The van der Waals surface area contributed by atoms with E-state index in [-0.39, 0.29) is 24.1 Å². The number of aliphatic hydroxyl groups is 1. The van der Waals surface area contributed by atoms with E-state index < -0.39 is 39.8 Å². The van der Waals surface area contributed by atoms with E-state index in [1.807, 2.05) is 0 Å². The fraction of sp³-hybridized carbons (Fsp3) is 0.412. The molecule has 0 atom stereocenters. The summed E-state index contributed by atoms with van der Waals surface area (Å²) in [7, 11) is 0. The van der Waals surface area contributed by atoms with Gasteiger partial charge < -0.3 is 5.11 Å². The first-order chi connectivity index (χ1) is 13.2. The Morgan fingerprint density at radius 3 is 2.10 bits per heavy atom. The van der Waals surface area contributed by atoms with E-state index in [1.165, 1.54) is 26.0 Å². The third kappa shape index (κ3) is 4.67. The minimum Gasteiger partial charge on any atom is -0.369 e. The number of nitrogens with zero attached hydrogens (tertiary/aromatic N) is 2. The molecule has 0 radical (unpaired) electrons. The number of carbonyl (C=O) groups excluding carboxylic acids is 1. The van der Waals surface area contributed by atoms with Gasteiger partial charge in [-0.05, 0) is 17.7 Å². The number of carbonyl (C=O) groups is 1. The van der Waals surface area contributed by atoms with Gasteiger partial charge in [0.2, 0.25) is 5.91 Å². The Hall–Kier alpha value is -1.85. The molecule has 0 fully saturated rings. The van der Waals surface area contributed by atoms with Gasteiger partial charge in [-0.25, -0.2) is 4.98 Å². The summed E-state index contributed by atoms with van der Waals surface area (Å²) in [6, 6.07) is 6.15. The molecule has 1 aromatic heterocycles. The predicted octanol–water partition coefficient (Wildman–Crippen LogP) is 5.30. The van der Waals surface area contributed by atoms with Crippen molar-refractivity contribution in [3.05, 3.63) is 45.9 Å². The summed E-state index contributed by atoms with van der Waals surface area (Å²) in [5.41, 5.74) is -4.56. The first kappa shape index (κ1) is 23.4. The maximum absolute atomic E-state index is 13.1. The average Bonchev–Trinajstić information content (AvgIpc) is 3.07. The molecule has 1 N–H and O–H groups in total. The van der Waals surface area contributed by atoms with Crippen molar-refractivity contribution in [3.63, 3.8) is 0 Å². The number of amides is 1. The van der Waals surface area contributed by atoms with Crippen molar-refractivity contribution < 1.29 is 36.2 Å². The number of aromatic nitrogens is 1. The number of halogens is 7. The number of hydrogen-bond acceptors (Lipinski definition) is 4. The van der Waals surface area contributed by atoms with Crippen molar-refractivity contribution in [2.24, 2.45) is 5.92 Å². The second-order valence-electron chi connectivity index (χ2n) is 6.42. The molecule has 2 aromatic rings. The van der Waals surface area contributed by atoms with Gasteiger partial charge in [0.25, 0.3) is 5.60 Å². The van der Waals surface area contributed by atoms with Crippen molar-refractivity contribution >= 4 is 34.0 Å². The number of hydrogen-bond donors (Lipinski definition) is 1. The van der Waals surface area contributed by atoms with E-state index in [0.717, 1.165) is 4.90 Å². The normalized spacial score (nSPS) is 13.1. The fourth-order valence-corrected chi connectivity index (χ4v) is 3.50. The molecule has 0 aliphatic rings. The molecule has 1 heterocycles.